The maximum atomic E-state index is 12.5. The van der Waals surface area contributed by atoms with Crippen LogP contribution in [0.15, 0.2) is 0 Å². The summed E-state index contributed by atoms with van der Waals surface area (Å²) in [5, 5.41) is 4.22. The Morgan fingerprint density at radius 1 is 1.35 bits per heavy atom. The number of rotatable bonds is 6. The van der Waals surface area contributed by atoms with E-state index in [2.05, 4.69) is 5.10 Å². The Balaban J connectivity index is 2.18. The van der Waals surface area contributed by atoms with Gasteiger partial charge in [-0.1, -0.05) is 6.92 Å². The van der Waals surface area contributed by atoms with Crippen molar-refractivity contribution >= 4 is 11.7 Å². The third-order valence-electron chi connectivity index (χ3n) is 3.89. The number of hydrogen-bond acceptors (Lipinski definition) is 3. The summed E-state index contributed by atoms with van der Waals surface area (Å²) >= 11 is 0. The van der Waals surface area contributed by atoms with E-state index in [-0.39, 0.29) is 5.91 Å². The molecule has 1 amide bonds. The van der Waals surface area contributed by atoms with E-state index in [1.807, 2.05) is 13.8 Å². The van der Waals surface area contributed by atoms with Crippen LogP contribution < -0.4 is 0 Å². The van der Waals surface area contributed by atoms with Crippen molar-refractivity contribution in [2.24, 2.45) is 13.0 Å². The predicted molar refractivity (Wildman–Crippen MR) is 76.6 cm³/mol. The lowest BCUT2D eigenvalue weighted by atomic mass is 10.1. The Bertz CT molecular complexity index is 529. The Morgan fingerprint density at radius 3 is 2.45 bits per heavy atom. The highest BCUT2D eigenvalue weighted by molar-refractivity contribution is 6.43. The molecule has 1 heterocycles. The molecule has 0 spiro atoms. The van der Waals surface area contributed by atoms with E-state index in [1.165, 1.54) is 12.8 Å². The Morgan fingerprint density at radius 2 is 2.00 bits per heavy atom. The average molecular weight is 277 g/mol. The normalized spacial score (nSPS) is 14.4. The van der Waals surface area contributed by atoms with Crippen LogP contribution in [-0.2, 0) is 11.8 Å². The maximum absolute atomic E-state index is 12.5. The standard InChI is InChI=1S/C15H23N3O2/c1-5-8-18(9-12-6-7-12)15(20)14(19)13-10(2)16-17(4)11(13)3/h12H,5-9H2,1-4H3. The minimum Gasteiger partial charge on any atom is -0.336 e. The van der Waals surface area contributed by atoms with Gasteiger partial charge in [-0.25, -0.2) is 0 Å². The average Bonchev–Trinajstić information content (AvgIpc) is 3.16. The molecule has 0 saturated heterocycles. The van der Waals surface area contributed by atoms with Gasteiger partial charge >= 0.3 is 0 Å². The number of carbonyl (C=O) groups excluding carboxylic acids is 2. The topological polar surface area (TPSA) is 55.2 Å². The lowest BCUT2D eigenvalue weighted by Gasteiger charge is -2.21. The first kappa shape index (κ1) is 14.8. The zero-order valence-electron chi connectivity index (χ0n) is 12.8. The molecule has 0 radical (unpaired) electrons. The molecule has 0 bridgehead atoms. The third kappa shape index (κ3) is 2.92. The van der Waals surface area contributed by atoms with Crippen molar-refractivity contribution in [3.63, 3.8) is 0 Å². The summed E-state index contributed by atoms with van der Waals surface area (Å²) in [6, 6.07) is 0. The van der Waals surface area contributed by atoms with E-state index in [4.69, 9.17) is 0 Å². The zero-order valence-corrected chi connectivity index (χ0v) is 12.8. The first-order valence-electron chi connectivity index (χ1n) is 7.29. The Hall–Kier alpha value is -1.65. The third-order valence-corrected chi connectivity index (χ3v) is 3.89. The fourth-order valence-electron chi connectivity index (χ4n) is 2.51. The number of aryl methyl sites for hydroxylation is 2. The van der Waals surface area contributed by atoms with Gasteiger partial charge in [0.15, 0.2) is 0 Å². The molecule has 110 valence electrons. The van der Waals surface area contributed by atoms with Gasteiger partial charge in [-0.05, 0) is 39.0 Å². The van der Waals surface area contributed by atoms with E-state index < -0.39 is 5.78 Å². The predicted octanol–water partition coefficient (Wildman–Crippen LogP) is 1.87. The summed E-state index contributed by atoms with van der Waals surface area (Å²) in [7, 11) is 1.79. The molecule has 0 unspecified atom stereocenters. The maximum Gasteiger partial charge on any atom is 0.295 e. The molecular weight excluding hydrogens is 254 g/mol. The van der Waals surface area contributed by atoms with Crippen molar-refractivity contribution in [2.75, 3.05) is 13.1 Å². The summed E-state index contributed by atoms with van der Waals surface area (Å²) in [4.78, 5) is 26.6. The molecular formula is C15H23N3O2. The number of hydrogen-bond donors (Lipinski definition) is 0. The zero-order chi connectivity index (χ0) is 14.9. The second kappa shape index (κ2) is 5.77. The lowest BCUT2D eigenvalue weighted by molar-refractivity contribution is -0.126. The van der Waals surface area contributed by atoms with E-state index >= 15 is 0 Å². The van der Waals surface area contributed by atoms with Gasteiger partial charge < -0.3 is 4.90 Å². The molecule has 1 aromatic heterocycles. The molecule has 1 fully saturated rings. The van der Waals surface area contributed by atoms with Crippen LogP contribution in [0.1, 0.15) is 47.9 Å². The summed E-state index contributed by atoms with van der Waals surface area (Å²) in [5.41, 5.74) is 1.85. The van der Waals surface area contributed by atoms with Crippen LogP contribution in [0.25, 0.3) is 0 Å². The molecule has 2 rings (SSSR count). The fourth-order valence-corrected chi connectivity index (χ4v) is 2.51. The summed E-state index contributed by atoms with van der Waals surface area (Å²) < 4.78 is 1.65. The molecule has 1 saturated carbocycles. The van der Waals surface area contributed by atoms with Gasteiger partial charge in [0.25, 0.3) is 11.7 Å². The van der Waals surface area contributed by atoms with Crippen molar-refractivity contribution in [3.8, 4) is 0 Å². The molecule has 0 aliphatic heterocycles. The fraction of sp³-hybridized carbons (Fsp3) is 0.667. The monoisotopic (exact) mass is 277 g/mol. The number of aromatic nitrogens is 2. The summed E-state index contributed by atoms with van der Waals surface area (Å²) in [6.07, 6.45) is 3.22. The Labute approximate surface area is 119 Å². The second-order valence-electron chi connectivity index (χ2n) is 5.69. The van der Waals surface area contributed by atoms with Crippen LogP contribution >= 0.6 is 0 Å². The minimum absolute atomic E-state index is 0.377. The van der Waals surface area contributed by atoms with Gasteiger partial charge in [0.1, 0.15) is 0 Å². The van der Waals surface area contributed by atoms with Crippen LogP contribution in [-0.4, -0.2) is 39.5 Å². The molecule has 1 aliphatic rings. The Kier molecular flexibility index (Phi) is 4.26. The molecule has 0 N–H and O–H groups in total. The van der Waals surface area contributed by atoms with Gasteiger partial charge in [0.2, 0.25) is 0 Å². The largest absolute Gasteiger partial charge is 0.336 e. The number of amides is 1. The number of carbonyl (C=O) groups is 2. The van der Waals surface area contributed by atoms with Gasteiger partial charge in [0.05, 0.1) is 11.3 Å². The van der Waals surface area contributed by atoms with Crippen LogP contribution in [0.4, 0.5) is 0 Å². The van der Waals surface area contributed by atoms with E-state index in [0.717, 1.165) is 18.7 Å². The highest BCUT2D eigenvalue weighted by Crippen LogP contribution is 2.30. The number of nitrogens with zero attached hydrogens (tertiary/aromatic N) is 3. The molecule has 0 atom stereocenters. The van der Waals surface area contributed by atoms with Crippen LogP contribution in [0.5, 0.6) is 0 Å². The van der Waals surface area contributed by atoms with Gasteiger partial charge in [-0.3, -0.25) is 14.3 Å². The first-order chi connectivity index (χ1) is 9.45. The number of ketones is 1. The number of Topliss-reactive ketones (excluding diaryl/α,β-unsaturated/α-hetero) is 1. The quantitative estimate of drug-likeness (QED) is 0.589. The molecule has 5 nitrogen and oxygen atoms in total. The highest BCUT2D eigenvalue weighted by Gasteiger charge is 2.31. The van der Waals surface area contributed by atoms with Crippen molar-refractivity contribution in [1.82, 2.24) is 14.7 Å². The van der Waals surface area contributed by atoms with Crippen molar-refractivity contribution in [1.29, 1.82) is 0 Å². The molecule has 5 heteroatoms. The molecule has 1 aliphatic carbocycles. The van der Waals surface area contributed by atoms with Gasteiger partial charge in [-0.2, -0.15) is 5.10 Å². The lowest BCUT2D eigenvalue weighted by Crippen LogP contribution is -2.39. The second-order valence-corrected chi connectivity index (χ2v) is 5.69. The molecule has 20 heavy (non-hydrogen) atoms. The van der Waals surface area contributed by atoms with E-state index in [1.54, 1.807) is 23.6 Å². The minimum atomic E-state index is -0.415. The first-order valence-corrected chi connectivity index (χ1v) is 7.29. The van der Waals surface area contributed by atoms with Crippen LogP contribution in [0, 0.1) is 19.8 Å². The molecule has 1 aromatic rings. The van der Waals surface area contributed by atoms with E-state index in [9.17, 15) is 9.59 Å². The summed E-state index contributed by atoms with van der Waals surface area (Å²) in [5.74, 6) is -0.199. The molecule has 0 aromatic carbocycles. The van der Waals surface area contributed by atoms with Gasteiger partial charge in [-0.15, -0.1) is 0 Å². The van der Waals surface area contributed by atoms with Crippen LogP contribution in [0.3, 0.4) is 0 Å². The van der Waals surface area contributed by atoms with Crippen molar-refractivity contribution in [2.45, 2.75) is 40.0 Å². The summed E-state index contributed by atoms with van der Waals surface area (Å²) in [6.45, 7) is 7.00. The van der Waals surface area contributed by atoms with E-state index in [0.29, 0.717) is 23.7 Å². The highest BCUT2D eigenvalue weighted by atomic mass is 16.2. The van der Waals surface area contributed by atoms with Crippen molar-refractivity contribution in [3.05, 3.63) is 17.0 Å². The van der Waals surface area contributed by atoms with Crippen molar-refractivity contribution < 1.29 is 9.59 Å². The van der Waals surface area contributed by atoms with Gasteiger partial charge in [0, 0.05) is 25.8 Å². The van der Waals surface area contributed by atoms with Crippen LogP contribution in [0.2, 0.25) is 0 Å². The SMILES string of the molecule is CCCN(CC1CC1)C(=O)C(=O)c1c(C)nn(C)c1C. The smallest absolute Gasteiger partial charge is 0.295 e.